The van der Waals surface area contributed by atoms with Crippen molar-refractivity contribution in [3.63, 3.8) is 0 Å². The Morgan fingerprint density at radius 2 is 2.20 bits per heavy atom. The Bertz CT molecular complexity index is 294. The van der Waals surface area contributed by atoms with E-state index in [1.54, 1.807) is 6.20 Å². The Balaban J connectivity index is 2.37. The Kier molecular flexibility index (Phi) is 4.79. The van der Waals surface area contributed by atoms with Crippen LogP contribution >= 0.6 is 0 Å². The second-order valence-electron chi connectivity index (χ2n) is 3.21. The molecule has 6 heteroatoms. The number of aromatic nitrogens is 2. The molecule has 0 aliphatic carbocycles. The molecular weight excluding hydrogens is 194 g/mol. The molecule has 1 aromatic rings. The first-order chi connectivity index (χ1) is 7.26. The number of hydrogen-bond acceptors (Lipinski definition) is 6. The normalized spacial score (nSPS) is 12.2. The zero-order valence-electron chi connectivity index (χ0n) is 8.77. The minimum Gasteiger partial charge on any atom is -0.393 e. The van der Waals surface area contributed by atoms with Gasteiger partial charge in [0.15, 0.2) is 5.82 Å². The summed E-state index contributed by atoms with van der Waals surface area (Å²) in [5.74, 6) is 6.35. The van der Waals surface area contributed by atoms with Crippen LogP contribution in [0.15, 0.2) is 12.4 Å². The standard InChI is InChI=1S/C9H17N5O/c1-2-7(15)3-4-12-8-5-11-6-9(13-8)14-10/h5-7,15H,2-4,10H2,1H3,(H2,12,13,14). The summed E-state index contributed by atoms with van der Waals surface area (Å²) in [6.07, 6.45) is 4.34. The largest absolute Gasteiger partial charge is 0.393 e. The molecule has 5 N–H and O–H groups in total. The van der Waals surface area contributed by atoms with Crippen LogP contribution < -0.4 is 16.6 Å². The molecule has 15 heavy (non-hydrogen) atoms. The van der Waals surface area contributed by atoms with Crippen LogP contribution in [-0.4, -0.2) is 27.7 Å². The van der Waals surface area contributed by atoms with Crippen LogP contribution in [0.5, 0.6) is 0 Å². The number of nitrogens with zero attached hydrogens (tertiary/aromatic N) is 2. The SMILES string of the molecule is CCC(O)CCNc1cncc(NN)n1. The average Bonchev–Trinajstić information content (AvgIpc) is 2.29. The van der Waals surface area contributed by atoms with Gasteiger partial charge in [-0.05, 0) is 12.8 Å². The molecule has 0 spiro atoms. The minimum atomic E-state index is -0.263. The van der Waals surface area contributed by atoms with Crippen molar-refractivity contribution >= 4 is 11.6 Å². The fourth-order valence-electron chi connectivity index (χ4n) is 1.09. The van der Waals surface area contributed by atoms with Gasteiger partial charge < -0.3 is 15.8 Å². The molecule has 6 nitrogen and oxygen atoms in total. The highest BCUT2D eigenvalue weighted by Gasteiger charge is 2.01. The zero-order chi connectivity index (χ0) is 11.1. The number of nitrogens with two attached hydrogens (primary N) is 1. The summed E-state index contributed by atoms with van der Waals surface area (Å²) in [5.41, 5.74) is 2.41. The fraction of sp³-hybridized carbons (Fsp3) is 0.556. The number of hydrogen-bond donors (Lipinski definition) is 4. The van der Waals surface area contributed by atoms with E-state index in [1.165, 1.54) is 6.20 Å². The Morgan fingerprint density at radius 3 is 2.87 bits per heavy atom. The van der Waals surface area contributed by atoms with Gasteiger partial charge in [0.05, 0.1) is 18.5 Å². The second-order valence-corrected chi connectivity index (χ2v) is 3.21. The molecule has 1 atom stereocenters. The number of aliphatic hydroxyl groups excluding tert-OH is 1. The first-order valence-corrected chi connectivity index (χ1v) is 4.96. The lowest BCUT2D eigenvalue weighted by Gasteiger charge is -2.09. The summed E-state index contributed by atoms with van der Waals surface area (Å²) in [5, 5.41) is 12.4. The van der Waals surface area contributed by atoms with E-state index in [9.17, 15) is 5.11 Å². The molecule has 0 aliphatic heterocycles. The lowest BCUT2D eigenvalue weighted by molar-refractivity contribution is 0.164. The summed E-state index contributed by atoms with van der Waals surface area (Å²) in [6.45, 7) is 2.61. The molecular formula is C9H17N5O. The summed E-state index contributed by atoms with van der Waals surface area (Å²) in [6, 6.07) is 0. The van der Waals surface area contributed by atoms with Gasteiger partial charge in [0.2, 0.25) is 0 Å². The van der Waals surface area contributed by atoms with Gasteiger partial charge in [0.25, 0.3) is 0 Å². The lowest BCUT2D eigenvalue weighted by atomic mass is 10.2. The molecule has 84 valence electrons. The van der Waals surface area contributed by atoms with Crippen molar-refractivity contribution < 1.29 is 5.11 Å². The third-order valence-electron chi connectivity index (χ3n) is 2.04. The predicted molar refractivity (Wildman–Crippen MR) is 59.2 cm³/mol. The van der Waals surface area contributed by atoms with E-state index < -0.39 is 0 Å². The van der Waals surface area contributed by atoms with Crippen LogP contribution in [0.4, 0.5) is 11.6 Å². The lowest BCUT2D eigenvalue weighted by Crippen LogP contribution is -2.14. The highest BCUT2D eigenvalue weighted by atomic mass is 16.3. The fourth-order valence-corrected chi connectivity index (χ4v) is 1.09. The van der Waals surface area contributed by atoms with Crippen LogP contribution in [0.1, 0.15) is 19.8 Å². The molecule has 0 saturated carbocycles. The molecule has 0 aliphatic rings. The molecule has 0 amide bonds. The zero-order valence-corrected chi connectivity index (χ0v) is 8.77. The first kappa shape index (κ1) is 11.7. The average molecular weight is 211 g/mol. The quantitative estimate of drug-likeness (QED) is 0.400. The van der Waals surface area contributed by atoms with Crippen molar-refractivity contribution in [2.75, 3.05) is 17.3 Å². The molecule has 0 fully saturated rings. The van der Waals surface area contributed by atoms with Crippen LogP contribution in [0.2, 0.25) is 0 Å². The van der Waals surface area contributed by atoms with E-state index in [0.717, 1.165) is 6.42 Å². The van der Waals surface area contributed by atoms with E-state index in [0.29, 0.717) is 24.6 Å². The molecule has 0 radical (unpaired) electrons. The molecule has 1 aromatic heterocycles. The highest BCUT2D eigenvalue weighted by molar-refractivity contribution is 5.40. The van der Waals surface area contributed by atoms with E-state index in [4.69, 9.17) is 5.84 Å². The number of nitrogen functional groups attached to an aromatic ring is 1. The van der Waals surface area contributed by atoms with Crippen LogP contribution in [0, 0.1) is 0 Å². The maximum atomic E-state index is 9.33. The highest BCUT2D eigenvalue weighted by Crippen LogP contribution is 2.05. The third-order valence-corrected chi connectivity index (χ3v) is 2.04. The first-order valence-electron chi connectivity index (χ1n) is 4.96. The molecule has 0 saturated heterocycles. The Hall–Kier alpha value is -1.40. The van der Waals surface area contributed by atoms with Gasteiger partial charge in [-0.15, -0.1) is 0 Å². The smallest absolute Gasteiger partial charge is 0.160 e. The van der Waals surface area contributed by atoms with Crippen molar-refractivity contribution in [3.05, 3.63) is 12.4 Å². The van der Waals surface area contributed by atoms with Crippen LogP contribution in [-0.2, 0) is 0 Å². The van der Waals surface area contributed by atoms with Gasteiger partial charge in [-0.2, -0.15) is 0 Å². The molecule has 0 aromatic carbocycles. The van der Waals surface area contributed by atoms with Gasteiger partial charge in [0, 0.05) is 6.54 Å². The van der Waals surface area contributed by atoms with Gasteiger partial charge in [-0.1, -0.05) is 6.92 Å². The number of hydrazine groups is 1. The van der Waals surface area contributed by atoms with Crippen molar-refractivity contribution in [1.82, 2.24) is 9.97 Å². The van der Waals surface area contributed by atoms with E-state index in [1.807, 2.05) is 6.92 Å². The number of rotatable bonds is 6. The van der Waals surface area contributed by atoms with Crippen molar-refractivity contribution in [1.29, 1.82) is 0 Å². The summed E-state index contributed by atoms with van der Waals surface area (Å²) >= 11 is 0. The van der Waals surface area contributed by atoms with Crippen molar-refractivity contribution in [2.24, 2.45) is 5.84 Å². The third kappa shape index (κ3) is 4.09. The number of nitrogens with one attached hydrogen (secondary N) is 2. The monoisotopic (exact) mass is 211 g/mol. The summed E-state index contributed by atoms with van der Waals surface area (Å²) < 4.78 is 0. The van der Waals surface area contributed by atoms with Crippen LogP contribution in [0.25, 0.3) is 0 Å². The summed E-state index contributed by atoms with van der Waals surface area (Å²) in [7, 11) is 0. The minimum absolute atomic E-state index is 0.263. The molecule has 1 unspecified atom stereocenters. The van der Waals surface area contributed by atoms with Gasteiger partial charge in [0.1, 0.15) is 5.82 Å². The Morgan fingerprint density at radius 1 is 1.47 bits per heavy atom. The van der Waals surface area contributed by atoms with Gasteiger partial charge >= 0.3 is 0 Å². The van der Waals surface area contributed by atoms with E-state index >= 15 is 0 Å². The molecule has 1 heterocycles. The number of aliphatic hydroxyl groups is 1. The second kappa shape index (κ2) is 6.15. The summed E-state index contributed by atoms with van der Waals surface area (Å²) in [4.78, 5) is 8.07. The van der Waals surface area contributed by atoms with Gasteiger partial charge in [-0.3, -0.25) is 4.98 Å². The number of anilines is 2. The van der Waals surface area contributed by atoms with E-state index in [-0.39, 0.29) is 6.10 Å². The van der Waals surface area contributed by atoms with Gasteiger partial charge in [-0.25, -0.2) is 10.8 Å². The maximum Gasteiger partial charge on any atom is 0.160 e. The van der Waals surface area contributed by atoms with Crippen molar-refractivity contribution in [3.8, 4) is 0 Å². The van der Waals surface area contributed by atoms with Crippen molar-refractivity contribution in [2.45, 2.75) is 25.9 Å². The van der Waals surface area contributed by atoms with Crippen LogP contribution in [0.3, 0.4) is 0 Å². The topological polar surface area (TPSA) is 96.1 Å². The maximum absolute atomic E-state index is 9.33. The molecule has 1 rings (SSSR count). The van der Waals surface area contributed by atoms with E-state index in [2.05, 4.69) is 20.7 Å². The Labute approximate surface area is 88.9 Å². The predicted octanol–water partition coefficient (Wildman–Crippen LogP) is 0.335. The molecule has 0 bridgehead atoms.